The molecular formula is C18H21N3O4S. The van der Waals surface area contributed by atoms with Gasteiger partial charge >= 0.3 is 0 Å². The number of hydrazone groups is 1. The van der Waals surface area contributed by atoms with Crippen LogP contribution in [0.5, 0.6) is 23.0 Å². The molecule has 26 heavy (non-hydrogen) atoms. The van der Waals surface area contributed by atoms with Crippen molar-refractivity contribution in [3.63, 3.8) is 0 Å². The highest BCUT2D eigenvalue weighted by molar-refractivity contribution is 7.80. The van der Waals surface area contributed by atoms with Crippen molar-refractivity contribution in [2.75, 3.05) is 26.6 Å². The summed E-state index contributed by atoms with van der Waals surface area (Å²) in [6, 6.07) is 10.3. The maximum absolute atomic E-state index is 10.0. The zero-order valence-electron chi connectivity index (χ0n) is 15.0. The second kappa shape index (κ2) is 8.91. The summed E-state index contributed by atoms with van der Waals surface area (Å²) >= 11 is 5.23. The van der Waals surface area contributed by atoms with Crippen molar-refractivity contribution < 1.29 is 19.3 Å². The first-order valence-corrected chi connectivity index (χ1v) is 8.10. The Morgan fingerprint density at radius 3 is 2.35 bits per heavy atom. The minimum atomic E-state index is 0.0752. The average molecular weight is 375 g/mol. The van der Waals surface area contributed by atoms with Crippen LogP contribution in [0.1, 0.15) is 12.5 Å². The molecule has 7 nitrogen and oxygen atoms in total. The van der Waals surface area contributed by atoms with Gasteiger partial charge in [-0.1, -0.05) is 0 Å². The second-order valence-corrected chi connectivity index (χ2v) is 5.62. The summed E-state index contributed by atoms with van der Waals surface area (Å²) in [4.78, 5) is 0. The molecule has 0 aliphatic rings. The van der Waals surface area contributed by atoms with Crippen LogP contribution >= 0.6 is 12.2 Å². The second-order valence-electron chi connectivity index (χ2n) is 5.22. The van der Waals surface area contributed by atoms with Gasteiger partial charge in [0.05, 0.1) is 27.0 Å². The minimum absolute atomic E-state index is 0.0752. The number of phenols is 1. The van der Waals surface area contributed by atoms with Crippen molar-refractivity contribution in [2.24, 2.45) is 5.10 Å². The molecule has 3 N–H and O–H groups in total. The molecule has 8 heteroatoms. The smallest absolute Gasteiger partial charge is 0.191 e. The van der Waals surface area contributed by atoms with E-state index in [0.717, 1.165) is 5.69 Å². The van der Waals surface area contributed by atoms with E-state index in [4.69, 9.17) is 26.4 Å². The fourth-order valence-electron chi connectivity index (χ4n) is 2.21. The fraction of sp³-hybridized carbons (Fsp3) is 0.222. The van der Waals surface area contributed by atoms with Gasteiger partial charge in [0.25, 0.3) is 0 Å². The lowest BCUT2D eigenvalue weighted by Crippen LogP contribution is -2.25. The summed E-state index contributed by atoms with van der Waals surface area (Å²) in [6.45, 7) is 1.76. The normalized spacial score (nSPS) is 10.8. The van der Waals surface area contributed by atoms with Gasteiger partial charge in [0, 0.05) is 23.4 Å². The van der Waals surface area contributed by atoms with E-state index in [0.29, 0.717) is 33.6 Å². The van der Waals surface area contributed by atoms with Crippen LogP contribution < -0.4 is 25.0 Å². The van der Waals surface area contributed by atoms with Crippen LogP contribution in [-0.2, 0) is 0 Å². The Balaban J connectivity index is 2.04. The number of methoxy groups -OCH3 is 3. The van der Waals surface area contributed by atoms with Crippen LogP contribution in [0.25, 0.3) is 0 Å². The molecular weight excluding hydrogens is 354 g/mol. The summed E-state index contributed by atoms with van der Waals surface area (Å²) in [5.74, 6) is 1.85. The quantitative estimate of drug-likeness (QED) is 0.406. The third-order valence-electron chi connectivity index (χ3n) is 3.56. The Kier molecular flexibility index (Phi) is 6.62. The lowest BCUT2D eigenvalue weighted by Gasteiger charge is -2.12. The summed E-state index contributed by atoms with van der Waals surface area (Å²) in [7, 11) is 4.67. The number of nitrogens with zero attached hydrogens (tertiary/aromatic N) is 1. The number of nitrogens with one attached hydrogen (secondary N) is 2. The number of hydrogen-bond donors (Lipinski definition) is 3. The molecule has 2 rings (SSSR count). The number of benzene rings is 2. The zero-order valence-corrected chi connectivity index (χ0v) is 15.8. The van der Waals surface area contributed by atoms with Gasteiger partial charge < -0.3 is 24.6 Å². The van der Waals surface area contributed by atoms with Gasteiger partial charge in [0.15, 0.2) is 16.6 Å². The molecule has 138 valence electrons. The number of hydrogen-bond acceptors (Lipinski definition) is 6. The number of rotatable bonds is 6. The molecule has 0 aliphatic heterocycles. The van der Waals surface area contributed by atoms with Gasteiger partial charge in [-0.25, -0.2) is 0 Å². The standard InChI is InChI=1S/C18H21N3O4S/c1-11(14-7-6-13(23-2)10-15(14)22)20-21-18(26)19-12-5-8-16(24-3)17(9-12)25-4/h5-10,22H,1-4H3,(H2,19,21,26)/b20-11+. The van der Waals surface area contributed by atoms with Crippen molar-refractivity contribution in [1.29, 1.82) is 0 Å². The topological polar surface area (TPSA) is 84.3 Å². The molecule has 0 spiro atoms. The minimum Gasteiger partial charge on any atom is -0.507 e. The van der Waals surface area contributed by atoms with Gasteiger partial charge in [0.2, 0.25) is 0 Å². The highest BCUT2D eigenvalue weighted by atomic mass is 32.1. The molecule has 0 radical (unpaired) electrons. The van der Waals surface area contributed by atoms with Crippen LogP contribution in [0.3, 0.4) is 0 Å². The van der Waals surface area contributed by atoms with Gasteiger partial charge in [0.1, 0.15) is 11.5 Å². The van der Waals surface area contributed by atoms with Crippen molar-refractivity contribution >= 4 is 28.7 Å². The van der Waals surface area contributed by atoms with Gasteiger partial charge in [-0.3, -0.25) is 5.43 Å². The van der Waals surface area contributed by atoms with Gasteiger partial charge in [-0.2, -0.15) is 5.10 Å². The summed E-state index contributed by atoms with van der Waals surface area (Å²) in [5, 5.41) is 17.5. The Morgan fingerprint density at radius 1 is 1.00 bits per heavy atom. The van der Waals surface area contributed by atoms with E-state index >= 15 is 0 Å². The van der Waals surface area contributed by atoms with Crippen molar-refractivity contribution in [3.05, 3.63) is 42.0 Å². The lowest BCUT2D eigenvalue weighted by atomic mass is 10.1. The maximum atomic E-state index is 10.0. The monoisotopic (exact) mass is 375 g/mol. The molecule has 0 fully saturated rings. The number of phenolic OH excluding ortho intramolecular Hbond substituents is 1. The first-order chi connectivity index (χ1) is 12.5. The zero-order chi connectivity index (χ0) is 19.1. The van der Waals surface area contributed by atoms with Crippen LogP contribution in [0.15, 0.2) is 41.5 Å². The molecule has 2 aromatic rings. The first-order valence-electron chi connectivity index (χ1n) is 7.69. The molecule has 0 amide bonds. The van der Waals surface area contributed by atoms with E-state index in [1.807, 2.05) is 0 Å². The number of ether oxygens (including phenoxy) is 3. The highest BCUT2D eigenvalue weighted by Crippen LogP contribution is 2.29. The summed E-state index contributed by atoms with van der Waals surface area (Å²) < 4.78 is 15.5. The van der Waals surface area contributed by atoms with Crippen molar-refractivity contribution in [1.82, 2.24) is 5.43 Å². The average Bonchev–Trinajstić information content (AvgIpc) is 2.65. The fourth-order valence-corrected chi connectivity index (χ4v) is 2.38. The maximum Gasteiger partial charge on any atom is 0.191 e. The van der Waals surface area contributed by atoms with Crippen LogP contribution in [0.2, 0.25) is 0 Å². The molecule has 0 aromatic heterocycles. The number of anilines is 1. The summed E-state index contributed by atoms with van der Waals surface area (Å²) in [6.07, 6.45) is 0. The molecule has 0 unspecified atom stereocenters. The van der Waals surface area contributed by atoms with Gasteiger partial charge in [-0.05, 0) is 43.4 Å². The number of thiocarbonyl (C=S) groups is 1. The van der Waals surface area contributed by atoms with E-state index in [1.54, 1.807) is 51.5 Å². The third kappa shape index (κ3) is 4.76. The Hall–Kier alpha value is -3.00. The third-order valence-corrected chi connectivity index (χ3v) is 3.75. The van der Waals surface area contributed by atoms with E-state index in [9.17, 15) is 5.11 Å². The molecule has 0 bridgehead atoms. The Morgan fingerprint density at radius 2 is 1.73 bits per heavy atom. The summed E-state index contributed by atoms with van der Waals surface area (Å²) in [5.41, 5.74) is 4.61. The Labute approximate surface area is 157 Å². The van der Waals surface area contributed by atoms with Gasteiger partial charge in [-0.15, -0.1) is 0 Å². The first kappa shape index (κ1) is 19.3. The Bertz CT molecular complexity index is 824. The van der Waals surface area contributed by atoms with E-state index in [1.165, 1.54) is 13.2 Å². The largest absolute Gasteiger partial charge is 0.507 e. The van der Waals surface area contributed by atoms with Crippen molar-refractivity contribution in [3.8, 4) is 23.0 Å². The van der Waals surface area contributed by atoms with Crippen LogP contribution in [0.4, 0.5) is 5.69 Å². The molecule has 0 atom stereocenters. The molecule has 2 aromatic carbocycles. The lowest BCUT2D eigenvalue weighted by molar-refractivity contribution is 0.355. The highest BCUT2D eigenvalue weighted by Gasteiger charge is 2.08. The molecule has 0 aliphatic carbocycles. The molecule has 0 saturated heterocycles. The SMILES string of the molecule is COc1ccc(/C(C)=N/NC(=S)Nc2ccc(OC)c(OC)c2)c(O)c1. The van der Waals surface area contributed by atoms with E-state index in [-0.39, 0.29) is 5.75 Å². The predicted molar refractivity (Wildman–Crippen MR) is 106 cm³/mol. The predicted octanol–water partition coefficient (Wildman–Crippen LogP) is 3.13. The van der Waals surface area contributed by atoms with E-state index < -0.39 is 0 Å². The molecule has 0 saturated carbocycles. The molecule has 0 heterocycles. The van der Waals surface area contributed by atoms with Crippen LogP contribution in [0, 0.1) is 0 Å². The van der Waals surface area contributed by atoms with E-state index in [2.05, 4.69) is 15.8 Å². The van der Waals surface area contributed by atoms with Crippen LogP contribution in [-0.4, -0.2) is 37.3 Å². The van der Waals surface area contributed by atoms with Crippen molar-refractivity contribution in [2.45, 2.75) is 6.92 Å². The number of aromatic hydroxyl groups is 1.